The first kappa shape index (κ1) is 8.52. The van der Waals surface area contributed by atoms with Crippen LogP contribution in [0.1, 0.15) is 21.7 Å². The lowest BCUT2D eigenvalue weighted by molar-refractivity contribution is 0.112. The van der Waals surface area contributed by atoms with Gasteiger partial charge in [0.1, 0.15) is 17.9 Å². The van der Waals surface area contributed by atoms with E-state index in [1.54, 1.807) is 18.2 Å². The van der Waals surface area contributed by atoms with Crippen molar-refractivity contribution in [2.75, 3.05) is 0 Å². The summed E-state index contributed by atoms with van der Waals surface area (Å²) in [5.74, 6) is 0.308. The number of furan rings is 1. The Bertz CT molecular complexity index is 546. The Balaban J connectivity index is 2.80. The van der Waals surface area contributed by atoms with Crippen LogP contribution in [-0.2, 0) is 0 Å². The molecule has 0 aliphatic carbocycles. The number of aldehydes is 1. The maximum Gasteiger partial charge on any atom is 0.207 e. The lowest BCUT2D eigenvalue weighted by atomic mass is 10.1. The van der Waals surface area contributed by atoms with Gasteiger partial charge in [-0.1, -0.05) is 12.1 Å². The topological polar surface area (TPSA) is 54.0 Å². The molecule has 0 amide bonds. The molecule has 0 saturated heterocycles. The molecule has 1 aromatic carbocycles. The van der Waals surface area contributed by atoms with E-state index in [4.69, 9.17) is 9.68 Å². The highest BCUT2D eigenvalue weighted by Crippen LogP contribution is 2.24. The first-order valence-corrected chi connectivity index (χ1v) is 4.14. The molecule has 3 heteroatoms. The fourth-order valence-electron chi connectivity index (χ4n) is 1.42. The van der Waals surface area contributed by atoms with E-state index in [1.807, 2.05) is 13.0 Å². The molecule has 0 spiro atoms. The molecule has 0 bridgehead atoms. The molecule has 0 atom stereocenters. The lowest BCUT2D eigenvalue weighted by Gasteiger charge is -1.90. The second-order valence-corrected chi connectivity index (χ2v) is 3.04. The summed E-state index contributed by atoms with van der Waals surface area (Å²) in [6, 6.07) is 7.10. The molecule has 0 radical (unpaired) electrons. The smallest absolute Gasteiger partial charge is 0.207 e. The number of hydrogen-bond acceptors (Lipinski definition) is 3. The number of nitriles is 1. The van der Waals surface area contributed by atoms with E-state index in [2.05, 4.69) is 0 Å². The molecule has 1 heterocycles. The molecule has 68 valence electrons. The minimum Gasteiger partial charge on any atom is -0.445 e. The van der Waals surface area contributed by atoms with E-state index in [-0.39, 0.29) is 0 Å². The van der Waals surface area contributed by atoms with Crippen LogP contribution in [0.2, 0.25) is 0 Å². The largest absolute Gasteiger partial charge is 0.445 e. The van der Waals surface area contributed by atoms with Crippen LogP contribution >= 0.6 is 0 Å². The summed E-state index contributed by atoms with van der Waals surface area (Å²) in [5.41, 5.74) is 1.96. The van der Waals surface area contributed by atoms with Gasteiger partial charge in [0.25, 0.3) is 0 Å². The Kier molecular flexibility index (Phi) is 1.83. The summed E-state index contributed by atoms with van der Waals surface area (Å²) in [6.07, 6.45) is 0.753. The van der Waals surface area contributed by atoms with Crippen molar-refractivity contribution in [1.29, 1.82) is 5.26 Å². The third kappa shape index (κ3) is 1.09. The molecule has 0 unspecified atom stereocenters. The van der Waals surface area contributed by atoms with Gasteiger partial charge in [0, 0.05) is 16.5 Å². The predicted molar refractivity (Wildman–Crippen MR) is 51.1 cm³/mol. The number of fused-ring (bicyclic) bond motifs is 1. The van der Waals surface area contributed by atoms with Gasteiger partial charge in [-0.25, -0.2) is 0 Å². The van der Waals surface area contributed by atoms with Crippen LogP contribution in [0.15, 0.2) is 22.6 Å². The Morgan fingerprint density at radius 1 is 1.50 bits per heavy atom. The molecule has 14 heavy (non-hydrogen) atoms. The number of rotatable bonds is 1. The Hall–Kier alpha value is -2.08. The zero-order valence-electron chi connectivity index (χ0n) is 7.57. The fraction of sp³-hybridized carbons (Fsp3) is 0.0909. The molecule has 0 saturated carbocycles. The molecular formula is C11H7NO2. The van der Waals surface area contributed by atoms with Crippen molar-refractivity contribution >= 4 is 17.3 Å². The minimum absolute atomic E-state index is 0.308. The summed E-state index contributed by atoms with van der Waals surface area (Å²) < 4.78 is 5.27. The molecule has 1 aromatic heterocycles. The first-order chi connectivity index (χ1) is 6.76. The molecule has 0 aliphatic rings. The zero-order chi connectivity index (χ0) is 10.1. The highest BCUT2D eigenvalue weighted by Gasteiger charge is 2.09. The fourth-order valence-corrected chi connectivity index (χ4v) is 1.42. The van der Waals surface area contributed by atoms with Gasteiger partial charge in [-0.05, 0) is 13.0 Å². The first-order valence-electron chi connectivity index (χ1n) is 4.14. The highest BCUT2D eigenvalue weighted by molar-refractivity contribution is 5.88. The lowest BCUT2D eigenvalue weighted by Crippen LogP contribution is -1.77. The minimum atomic E-state index is 0.308. The van der Waals surface area contributed by atoms with Crippen molar-refractivity contribution in [3.8, 4) is 6.07 Å². The quantitative estimate of drug-likeness (QED) is 0.641. The van der Waals surface area contributed by atoms with Gasteiger partial charge in [0.15, 0.2) is 0 Å². The molecule has 2 rings (SSSR count). The summed E-state index contributed by atoms with van der Waals surface area (Å²) in [6.45, 7) is 1.82. The van der Waals surface area contributed by atoms with Crippen LogP contribution in [0.3, 0.4) is 0 Å². The van der Waals surface area contributed by atoms with Crippen molar-refractivity contribution in [2.45, 2.75) is 6.92 Å². The van der Waals surface area contributed by atoms with Crippen LogP contribution in [0, 0.1) is 18.3 Å². The van der Waals surface area contributed by atoms with Crippen LogP contribution in [0.4, 0.5) is 0 Å². The number of aryl methyl sites for hydroxylation is 1. The van der Waals surface area contributed by atoms with Crippen LogP contribution in [0.5, 0.6) is 0 Å². The van der Waals surface area contributed by atoms with Crippen molar-refractivity contribution in [1.82, 2.24) is 0 Å². The van der Waals surface area contributed by atoms with Crippen LogP contribution in [0.25, 0.3) is 11.0 Å². The van der Waals surface area contributed by atoms with Gasteiger partial charge >= 0.3 is 0 Å². The van der Waals surface area contributed by atoms with Crippen molar-refractivity contribution in [3.63, 3.8) is 0 Å². The Morgan fingerprint density at radius 2 is 2.29 bits per heavy atom. The van der Waals surface area contributed by atoms with Crippen molar-refractivity contribution < 1.29 is 9.21 Å². The summed E-state index contributed by atoms with van der Waals surface area (Å²) in [7, 11) is 0. The number of hydrogen-bond donors (Lipinski definition) is 0. The molecule has 0 fully saturated rings. The zero-order valence-corrected chi connectivity index (χ0v) is 7.57. The highest BCUT2D eigenvalue weighted by atomic mass is 16.3. The number of benzene rings is 1. The molecule has 3 nitrogen and oxygen atoms in total. The third-order valence-corrected chi connectivity index (χ3v) is 2.20. The van der Waals surface area contributed by atoms with Gasteiger partial charge < -0.3 is 4.42 Å². The van der Waals surface area contributed by atoms with Crippen molar-refractivity contribution in [3.05, 3.63) is 35.1 Å². The maximum absolute atomic E-state index is 10.5. The summed E-state index contributed by atoms with van der Waals surface area (Å²) >= 11 is 0. The molecule has 2 aromatic rings. The SMILES string of the molecule is Cc1c(C#N)oc2cc(C=O)ccc12. The predicted octanol–water partition coefficient (Wildman–Crippen LogP) is 2.43. The number of carbonyl (C=O) groups is 1. The summed E-state index contributed by atoms with van der Waals surface area (Å²) in [5, 5.41) is 9.61. The monoisotopic (exact) mass is 185 g/mol. The van der Waals surface area contributed by atoms with E-state index in [1.165, 1.54) is 0 Å². The van der Waals surface area contributed by atoms with Gasteiger partial charge in [-0.3, -0.25) is 4.79 Å². The second kappa shape index (κ2) is 3.00. The van der Waals surface area contributed by atoms with Crippen LogP contribution in [-0.4, -0.2) is 6.29 Å². The Morgan fingerprint density at radius 3 is 2.93 bits per heavy atom. The summed E-state index contributed by atoms with van der Waals surface area (Å²) in [4.78, 5) is 10.5. The van der Waals surface area contributed by atoms with Gasteiger partial charge in [-0.2, -0.15) is 5.26 Å². The van der Waals surface area contributed by atoms with E-state index in [0.29, 0.717) is 16.9 Å². The van der Waals surface area contributed by atoms with Crippen LogP contribution < -0.4 is 0 Å². The van der Waals surface area contributed by atoms with Crippen molar-refractivity contribution in [2.24, 2.45) is 0 Å². The maximum atomic E-state index is 10.5. The second-order valence-electron chi connectivity index (χ2n) is 3.04. The number of nitrogens with zero attached hydrogens (tertiary/aromatic N) is 1. The van der Waals surface area contributed by atoms with E-state index in [9.17, 15) is 4.79 Å². The number of carbonyl (C=O) groups excluding carboxylic acids is 1. The average Bonchev–Trinajstić information content (AvgIpc) is 2.55. The normalized spacial score (nSPS) is 10.0. The molecule has 0 N–H and O–H groups in total. The van der Waals surface area contributed by atoms with E-state index in [0.717, 1.165) is 17.2 Å². The van der Waals surface area contributed by atoms with Gasteiger partial charge in [0.2, 0.25) is 5.76 Å². The average molecular weight is 185 g/mol. The van der Waals surface area contributed by atoms with Gasteiger partial charge in [0.05, 0.1) is 0 Å². The third-order valence-electron chi connectivity index (χ3n) is 2.20. The Labute approximate surface area is 80.6 Å². The molecular weight excluding hydrogens is 178 g/mol. The van der Waals surface area contributed by atoms with Gasteiger partial charge in [-0.15, -0.1) is 0 Å². The standard InChI is InChI=1S/C11H7NO2/c1-7-9-3-2-8(6-13)4-10(9)14-11(7)5-12/h2-4,6H,1H3. The van der Waals surface area contributed by atoms with E-state index >= 15 is 0 Å². The molecule has 0 aliphatic heterocycles. The van der Waals surface area contributed by atoms with E-state index < -0.39 is 0 Å².